The van der Waals surface area contributed by atoms with Crippen molar-refractivity contribution in [1.82, 2.24) is 14.8 Å². The highest BCUT2D eigenvalue weighted by Crippen LogP contribution is 2.41. The van der Waals surface area contributed by atoms with Gasteiger partial charge in [0.1, 0.15) is 0 Å². The number of carbonyl (C=O) groups excluding carboxylic acids is 1. The summed E-state index contributed by atoms with van der Waals surface area (Å²) in [5, 5.41) is 0. The van der Waals surface area contributed by atoms with Crippen molar-refractivity contribution in [2.45, 2.75) is 32.4 Å². The Bertz CT molecular complexity index is 829. The number of aromatic nitrogens is 1. The average molecular weight is 371 g/mol. The average Bonchev–Trinajstić information content (AvgIpc) is 2.95. The van der Waals surface area contributed by atoms with Gasteiger partial charge in [-0.25, -0.2) is 8.78 Å². The SMILES string of the molecule is O=C1N(Cc2ccncc2)CCC12CCCN(Cc1ccc(F)c(F)c1)C2. The first-order chi connectivity index (χ1) is 13.1. The number of carbonyl (C=O) groups is 1. The smallest absolute Gasteiger partial charge is 0.230 e. The molecule has 1 aromatic carbocycles. The third kappa shape index (κ3) is 3.72. The zero-order valence-electron chi connectivity index (χ0n) is 15.2. The minimum Gasteiger partial charge on any atom is -0.338 e. The van der Waals surface area contributed by atoms with Gasteiger partial charge in [-0.2, -0.15) is 0 Å². The van der Waals surface area contributed by atoms with Gasteiger partial charge >= 0.3 is 0 Å². The van der Waals surface area contributed by atoms with Crippen LogP contribution in [0.5, 0.6) is 0 Å². The predicted molar refractivity (Wildman–Crippen MR) is 97.6 cm³/mol. The second kappa shape index (κ2) is 7.35. The topological polar surface area (TPSA) is 36.4 Å². The molecule has 2 fully saturated rings. The molecule has 2 aromatic rings. The molecule has 1 amide bonds. The van der Waals surface area contributed by atoms with Gasteiger partial charge in [0, 0.05) is 38.6 Å². The summed E-state index contributed by atoms with van der Waals surface area (Å²) >= 11 is 0. The maximum absolute atomic E-state index is 13.5. The van der Waals surface area contributed by atoms with Crippen molar-refractivity contribution < 1.29 is 13.6 Å². The van der Waals surface area contributed by atoms with Crippen molar-refractivity contribution in [3.05, 3.63) is 65.5 Å². The first-order valence-electron chi connectivity index (χ1n) is 9.40. The summed E-state index contributed by atoms with van der Waals surface area (Å²) in [6.45, 7) is 3.47. The third-order valence-corrected chi connectivity index (χ3v) is 5.77. The lowest BCUT2D eigenvalue weighted by Crippen LogP contribution is -2.47. The number of piperidine rings is 1. The zero-order valence-corrected chi connectivity index (χ0v) is 15.2. The number of hydrogen-bond acceptors (Lipinski definition) is 3. The molecule has 1 aromatic heterocycles. The molecule has 2 aliphatic heterocycles. The van der Waals surface area contributed by atoms with Crippen LogP contribution in [0.25, 0.3) is 0 Å². The fourth-order valence-electron chi connectivity index (χ4n) is 4.39. The van der Waals surface area contributed by atoms with E-state index in [1.54, 1.807) is 18.5 Å². The summed E-state index contributed by atoms with van der Waals surface area (Å²) in [4.78, 5) is 21.3. The van der Waals surface area contributed by atoms with Gasteiger partial charge in [-0.15, -0.1) is 0 Å². The highest BCUT2D eigenvalue weighted by Gasteiger charge is 2.48. The first kappa shape index (κ1) is 18.0. The van der Waals surface area contributed by atoms with Crippen molar-refractivity contribution in [3.63, 3.8) is 0 Å². The molecule has 0 radical (unpaired) electrons. The summed E-state index contributed by atoms with van der Waals surface area (Å²) in [7, 11) is 0. The first-order valence-corrected chi connectivity index (χ1v) is 9.40. The second-order valence-corrected chi connectivity index (χ2v) is 7.68. The Kier molecular flexibility index (Phi) is 4.91. The normalized spacial score (nSPS) is 23.3. The van der Waals surface area contributed by atoms with Crippen molar-refractivity contribution in [3.8, 4) is 0 Å². The summed E-state index contributed by atoms with van der Waals surface area (Å²) in [5.41, 5.74) is 1.49. The number of pyridine rings is 1. The Labute approximate surface area is 157 Å². The van der Waals surface area contributed by atoms with Crippen LogP contribution in [0.3, 0.4) is 0 Å². The quantitative estimate of drug-likeness (QED) is 0.827. The second-order valence-electron chi connectivity index (χ2n) is 7.68. The fraction of sp³-hybridized carbons (Fsp3) is 0.429. The van der Waals surface area contributed by atoms with E-state index in [-0.39, 0.29) is 11.3 Å². The van der Waals surface area contributed by atoms with Crippen molar-refractivity contribution >= 4 is 5.91 Å². The van der Waals surface area contributed by atoms with E-state index in [4.69, 9.17) is 0 Å². The Balaban J connectivity index is 1.44. The van der Waals surface area contributed by atoms with Gasteiger partial charge in [-0.05, 0) is 61.2 Å². The minimum atomic E-state index is -0.827. The molecule has 4 nitrogen and oxygen atoms in total. The van der Waals surface area contributed by atoms with Crippen LogP contribution in [0.1, 0.15) is 30.4 Å². The number of halogens is 2. The van der Waals surface area contributed by atoms with E-state index in [0.29, 0.717) is 19.6 Å². The number of likely N-dealkylation sites (tertiary alicyclic amines) is 2. The number of nitrogens with zero attached hydrogens (tertiary/aromatic N) is 3. The minimum absolute atomic E-state index is 0.217. The van der Waals surface area contributed by atoms with E-state index in [9.17, 15) is 13.6 Å². The molecule has 0 bridgehead atoms. The van der Waals surface area contributed by atoms with E-state index in [2.05, 4.69) is 9.88 Å². The highest BCUT2D eigenvalue weighted by atomic mass is 19.2. The van der Waals surface area contributed by atoms with E-state index >= 15 is 0 Å². The predicted octanol–water partition coefficient (Wildman–Crippen LogP) is 3.37. The standard InChI is InChI=1S/C21H23F2N3O/c22-18-3-2-17(12-19(18)23)13-25-10-1-6-21(15-25)7-11-26(20(21)27)14-16-4-8-24-9-5-16/h2-5,8-9,12H,1,6-7,10-11,13-15H2. The van der Waals surface area contributed by atoms with Gasteiger partial charge in [-0.1, -0.05) is 6.07 Å². The van der Waals surface area contributed by atoms with Gasteiger partial charge in [0.05, 0.1) is 5.41 Å². The summed E-state index contributed by atoms with van der Waals surface area (Å²) in [5.74, 6) is -1.43. The van der Waals surface area contributed by atoms with Gasteiger partial charge in [0.25, 0.3) is 0 Å². The monoisotopic (exact) mass is 371 g/mol. The van der Waals surface area contributed by atoms with Crippen LogP contribution in [0, 0.1) is 17.0 Å². The van der Waals surface area contributed by atoms with Crippen LogP contribution in [-0.4, -0.2) is 40.3 Å². The summed E-state index contributed by atoms with van der Waals surface area (Å²) in [6, 6.07) is 7.92. The Morgan fingerprint density at radius 3 is 2.56 bits per heavy atom. The lowest BCUT2D eigenvalue weighted by Gasteiger charge is -2.39. The molecule has 142 valence electrons. The molecule has 4 rings (SSSR count). The van der Waals surface area contributed by atoms with Crippen LogP contribution in [0.15, 0.2) is 42.7 Å². The maximum Gasteiger partial charge on any atom is 0.230 e. The Hall–Kier alpha value is -2.34. The molecule has 2 aliphatic rings. The molecular weight excluding hydrogens is 348 g/mol. The number of benzene rings is 1. The van der Waals surface area contributed by atoms with Crippen molar-refractivity contribution in [2.75, 3.05) is 19.6 Å². The third-order valence-electron chi connectivity index (χ3n) is 5.77. The van der Waals surface area contributed by atoms with Crippen LogP contribution in [-0.2, 0) is 17.9 Å². The van der Waals surface area contributed by atoms with Gasteiger partial charge in [-0.3, -0.25) is 14.7 Å². The fourth-order valence-corrected chi connectivity index (χ4v) is 4.39. The van der Waals surface area contributed by atoms with Crippen molar-refractivity contribution in [2.24, 2.45) is 5.41 Å². The molecule has 27 heavy (non-hydrogen) atoms. The van der Waals surface area contributed by atoms with E-state index in [1.807, 2.05) is 17.0 Å². The lowest BCUT2D eigenvalue weighted by molar-refractivity contribution is -0.139. The van der Waals surface area contributed by atoms with Gasteiger partial charge < -0.3 is 4.90 Å². The molecule has 0 N–H and O–H groups in total. The summed E-state index contributed by atoms with van der Waals surface area (Å²) in [6.07, 6.45) is 6.18. The molecule has 0 saturated carbocycles. The van der Waals surface area contributed by atoms with Gasteiger partial charge in [0.15, 0.2) is 11.6 Å². The molecular formula is C21H23F2N3O. The van der Waals surface area contributed by atoms with E-state index < -0.39 is 11.6 Å². The molecule has 1 unspecified atom stereocenters. The summed E-state index contributed by atoms with van der Waals surface area (Å²) < 4.78 is 26.6. The number of hydrogen-bond donors (Lipinski definition) is 0. The van der Waals surface area contributed by atoms with Crippen LogP contribution in [0.4, 0.5) is 8.78 Å². The molecule has 1 atom stereocenters. The maximum atomic E-state index is 13.5. The van der Waals surface area contributed by atoms with Crippen LogP contribution < -0.4 is 0 Å². The lowest BCUT2D eigenvalue weighted by atomic mass is 9.78. The van der Waals surface area contributed by atoms with Crippen LogP contribution in [0.2, 0.25) is 0 Å². The molecule has 3 heterocycles. The Morgan fingerprint density at radius 2 is 1.78 bits per heavy atom. The molecule has 1 spiro atoms. The highest BCUT2D eigenvalue weighted by molar-refractivity contribution is 5.85. The molecule has 2 saturated heterocycles. The number of amides is 1. The number of rotatable bonds is 4. The largest absolute Gasteiger partial charge is 0.338 e. The van der Waals surface area contributed by atoms with Crippen molar-refractivity contribution in [1.29, 1.82) is 0 Å². The van der Waals surface area contributed by atoms with E-state index in [0.717, 1.165) is 43.5 Å². The Morgan fingerprint density at radius 1 is 0.963 bits per heavy atom. The molecule has 6 heteroatoms. The molecule has 0 aliphatic carbocycles. The van der Waals surface area contributed by atoms with E-state index in [1.165, 1.54) is 12.1 Å². The van der Waals surface area contributed by atoms with Crippen LogP contribution >= 0.6 is 0 Å². The zero-order chi connectivity index (χ0) is 18.9. The van der Waals surface area contributed by atoms with Gasteiger partial charge in [0.2, 0.25) is 5.91 Å².